The van der Waals surface area contributed by atoms with E-state index in [9.17, 15) is 5.11 Å². The minimum atomic E-state index is -0.237. The minimum Gasteiger partial charge on any atom is -0.396 e. The molecular formula is C13H28N2O2. The highest BCUT2D eigenvalue weighted by Gasteiger charge is 2.30. The van der Waals surface area contributed by atoms with Crippen molar-refractivity contribution in [1.82, 2.24) is 10.2 Å². The molecule has 1 heterocycles. The summed E-state index contributed by atoms with van der Waals surface area (Å²) in [6, 6.07) is 0.969. The monoisotopic (exact) mass is 244 g/mol. The van der Waals surface area contributed by atoms with Crippen LogP contribution in [-0.4, -0.2) is 59.5 Å². The van der Waals surface area contributed by atoms with Gasteiger partial charge in [-0.2, -0.15) is 0 Å². The number of piperidine rings is 1. The summed E-state index contributed by atoms with van der Waals surface area (Å²) >= 11 is 0. The lowest BCUT2D eigenvalue weighted by Gasteiger charge is -2.41. The van der Waals surface area contributed by atoms with E-state index >= 15 is 0 Å². The van der Waals surface area contributed by atoms with Gasteiger partial charge < -0.3 is 15.5 Å². The predicted octanol–water partition coefficient (Wildman–Crippen LogP) is 0.438. The maximum absolute atomic E-state index is 9.77. The molecule has 0 spiro atoms. The Bertz CT molecular complexity index is 194. The van der Waals surface area contributed by atoms with Gasteiger partial charge in [0, 0.05) is 31.8 Å². The fraction of sp³-hybridized carbons (Fsp3) is 1.00. The summed E-state index contributed by atoms with van der Waals surface area (Å²) in [7, 11) is 0. The molecule has 1 aliphatic heterocycles. The number of nitrogens with zero attached hydrogens (tertiary/aromatic N) is 1. The number of hydrogen-bond donors (Lipinski definition) is 3. The van der Waals surface area contributed by atoms with Crippen molar-refractivity contribution in [3.8, 4) is 0 Å². The van der Waals surface area contributed by atoms with Crippen molar-refractivity contribution in [3.05, 3.63) is 0 Å². The summed E-state index contributed by atoms with van der Waals surface area (Å²) in [5.74, 6) is 0.359. The standard InChI is InChI=1S/C13H28N2O2/c1-10(2)15-8-12(11(3)17)7-13(9-15)14-5-4-6-16/h10-14,16-17H,4-9H2,1-3H3. The van der Waals surface area contributed by atoms with Gasteiger partial charge in [-0.1, -0.05) is 0 Å². The van der Waals surface area contributed by atoms with Gasteiger partial charge in [0.15, 0.2) is 0 Å². The smallest absolute Gasteiger partial charge is 0.0553 e. The van der Waals surface area contributed by atoms with Crippen LogP contribution in [0.4, 0.5) is 0 Å². The highest BCUT2D eigenvalue weighted by molar-refractivity contribution is 4.86. The van der Waals surface area contributed by atoms with E-state index in [2.05, 4.69) is 24.1 Å². The maximum atomic E-state index is 9.77. The molecule has 4 nitrogen and oxygen atoms in total. The minimum absolute atomic E-state index is 0.237. The zero-order valence-corrected chi connectivity index (χ0v) is 11.4. The third-order valence-corrected chi connectivity index (χ3v) is 3.69. The van der Waals surface area contributed by atoms with Crippen LogP contribution in [-0.2, 0) is 0 Å². The fourth-order valence-electron chi connectivity index (χ4n) is 2.48. The molecular weight excluding hydrogens is 216 g/mol. The lowest BCUT2D eigenvalue weighted by molar-refractivity contribution is 0.0354. The summed E-state index contributed by atoms with van der Waals surface area (Å²) < 4.78 is 0. The van der Waals surface area contributed by atoms with Crippen LogP contribution < -0.4 is 5.32 Å². The molecule has 0 aromatic rings. The molecule has 1 saturated heterocycles. The summed E-state index contributed by atoms with van der Waals surface area (Å²) in [5, 5.41) is 22.0. The molecule has 1 rings (SSSR count). The number of nitrogens with one attached hydrogen (secondary N) is 1. The Balaban J connectivity index is 2.46. The third kappa shape index (κ3) is 4.92. The highest BCUT2D eigenvalue weighted by atomic mass is 16.3. The van der Waals surface area contributed by atoms with Gasteiger partial charge in [0.1, 0.15) is 0 Å². The average molecular weight is 244 g/mol. The fourth-order valence-corrected chi connectivity index (χ4v) is 2.48. The second-order valence-corrected chi connectivity index (χ2v) is 5.51. The predicted molar refractivity (Wildman–Crippen MR) is 70.0 cm³/mol. The molecule has 0 saturated carbocycles. The van der Waals surface area contributed by atoms with E-state index in [1.807, 2.05) is 6.92 Å². The van der Waals surface area contributed by atoms with E-state index in [1.54, 1.807) is 0 Å². The molecule has 4 heteroatoms. The lowest BCUT2D eigenvalue weighted by atomic mass is 9.89. The van der Waals surface area contributed by atoms with E-state index in [0.29, 0.717) is 18.0 Å². The van der Waals surface area contributed by atoms with E-state index in [0.717, 1.165) is 32.5 Å². The second kappa shape index (κ2) is 7.31. The van der Waals surface area contributed by atoms with E-state index < -0.39 is 0 Å². The zero-order valence-electron chi connectivity index (χ0n) is 11.4. The topological polar surface area (TPSA) is 55.7 Å². The van der Waals surface area contributed by atoms with Gasteiger partial charge in [0.05, 0.1) is 6.10 Å². The summed E-state index contributed by atoms with van der Waals surface area (Å²) in [6.07, 6.45) is 1.60. The van der Waals surface area contributed by atoms with Crippen LogP contribution in [0.5, 0.6) is 0 Å². The molecule has 3 N–H and O–H groups in total. The first-order valence-electron chi connectivity index (χ1n) is 6.81. The van der Waals surface area contributed by atoms with Crippen LogP contribution in [0.3, 0.4) is 0 Å². The van der Waals surface area contributed by atoms with Gasteiger partial charge in [-0.15, -0.1) is 0 Å². The molecule has 0 radical (unpaired) electrons. The van der Waals surface area contributed by atoms with Crippen LogP contribution in [0.25, 0.3) is 0 Å². The van der Waals surface area contributed by atoms with Gasteiger partial charge >= 0.3 is 0 Å². The number of hydrogen-bond acceptors (Lipinski definition) is 4. The van der Waals surface area contributed by atoms with Crippen LogP contribution in [0, 0.1) is 5.92 Å². The molecule has 17 heavy (non-hydrogen) atoms. The SMILES string of the molecule is CC(O)C1CC(NCCCO)CN(C(C)C)C1. The molecule has 102 valence electrons. The number of aliphatic hydroxyl groups is 2. The highest BCUT2D eigenvalue weighted by Crippen LogP contribution is 2.21. The summed E-state index contributed by atoms with van der Waals surface area (Å²) in [5.41, 5.74) is 0. The Morgan fingerprint density at radius 2 is 2.00 bits per heavy atom. The molecule has 0 aliphatic carbocycles. The van der Waals surface area contributed by atoms with Crippen molar-refractivity contribution in [2.45, 2.75) is 51.8 Å². The van der Waals surface area contributed by atoms with Crippen molar-refractivity contribution in [2.24, 2.45) is 5.92 Å². The van der Waals surface area contributed by atoms with Crippen LogP contribution in [0.15, 0.2) is 0 Å². The van der Waals surface area contributed by atoms with Gasteiger partial charge in [0.2, 0.25) is 0 Å². The van der Waals surface area contributed by atoms with Crippen molar-refractivity contribution < 1.29 is 10.2 Å². The second-order valence-electron chi connectivity index (χ2n) is 5.51. The van der Waals surface area contributed by atoms with Gasteiger partial charge in [-0.3, -0.25) is 4.90 Å². The third-order valence-electron chi connectivity index (χ3n) is 3.69. The van der Waals surface area contributed by atoms with E-state index in [1.165, 1.54) is 0 Å². The molecule has 3 unspecified atom stereocenters. The van der Waals surface area contributed by atoms with Gasteiger partial charge in [0.25, 0.3) is 0 Å². The quantitative estimate of drug-likeness (QED) is 0.593. The molecule has 0 bridgehead atoms. The Morgan fingerprint density at radius 3 is 2.53 bits per heavy atom. The largest absolute Gasteiger partial charge is 0.396 e. The van der Waals surface area contributed by atoms with E-state index in [-0.39, 0.29) is 12.7 Å². The Labute approximate surface area is 105 Å². The molecule has 3 atom stereocenters. The first-order valence-corrected chi connectivity index (χ1v) is 6.81. The normalized spacial score (nSPS) is 28.6. The maximum Gasteiger partial charge on any atom is 0.0553 e. The Hall–Kier alpha value is -0.160. The van der Waals surface area contributed by atoms with Gasteiger partial charge in [-0.05, 0) is 46.1 Å². The average Bonchev–Trinajstić information content (AvgIpc) is 2.29. The molecule has 0 aromatic heterocycles. The molecule has 0 aromatic carbocycles. The van der Waals surface area contributed by atoms with E-state index in [4.69, 9.17) is 5.11 Å². The van der Waals surface area contributed by atoms with Crippen molar-refractivity contribution in [3.63, 3.8) is 0 Å². The van der Waals surface area contributed by atoms with Crippen LogP contribution in [0.2, 0.25) is 0 Å². The Morgan fingerprint density at radius 1 is 1.29 bits per heavy atom. The van der Waals surface area contributed by atoms with Crippen molar-refractivity contribution in [1.29, 1.82) is 0 Å². The number of aliphatic hydroxyl groups excluding tert-OH is 2. The first kappa shape index (κ1) is 14.9. The lowest BCUT2D eigenvalue weighted by Crippen LogP contribution is -2.53. The van der Waals surface area contributed by atoms with Crippen molar-refractivity contribution in [2.75, 3.05) is 26.2 Å². The van der Waals surface area contributed by atoms with Crippen LogP contribution >= 0.6 is 0 Å². The summed E-state index contributed by atoms with van der Waals surface area (Å²) in [6.45, 7) is 9.44. The van der Waals surface area contributed by atoms with Crippen LogP contribution in [0.1, 0.15) is 33.6 Å². The van der Waals surface area contributed by atoms with Gasteiger partial charge in [-0.25, -0.2) is 0 Å². The van der Waals surface area contributed by atoms with Crippen molar-refractivity contribution >= 4 is 0 Å². The molecule has 0 amide bonds. The zero-order chi connectivity index (χ0) is 12.8. The molecule has 1 aliphatic rings. The number of likely N-dealkylation sites (tertiary alicyclic amines) is 1. The molecule has 1 fully saturated rings. The number of rotatable bonds is 6. The Kier molecular flexibility index (Phi) is 6.41. The first-order chi connectivity index (χ1) is 8.04. The summed E-state index contributed by atoms with van der Waals surface area (Å²) in [4.78, 5) is 2.43.